The normalized spacial score (nSPS) is 17.6. The quantitative estimate of drug-likeness (QED) is 0.881. The third-order valence-corrected chi connectivity index (χ3v) is 3.33. The summed E-state index contributed by atoms with van der Waals surface area (Å²) in [5.41, 5.74) is 2.69. The average molecular weight is 268 g/mol. The van der Waals surface area contributed by atoms with Crippen molar-refractivity contribution < 1.29 is 4.79 Å². The zero-order valence-electron chi connectivity index (χ0n) is 10.9. The molecule has 98 valence electrons. The lowest BCUT2D eigenvalue weighted by Crippen LogP contribution is -2.28. The summed E-state index contributed by atoms with van der Waals surface area (Å²) in [4.78, 5) is 13.8. The van der Waals surface area contributed by atoms with Crippen molar-refractivity contribution >= 4 is 28.9 Å². The highest BCUT2D eigenvalue weighted by atomic mass is 35.5. The fourth-order valence-electron chi connectivity index (χ4n) is 2.10. The Morgan fingerprint density at radius 1 is 1.44 bits per heavy atom. The molecule has 0 aliphatic carbocycles. The van der Waals surface area contributed by atoms with Crippen LogP contribution >= 0.6 is 11.6 Å². The SMILES string of the molecule is CCCNC1C(=O)Nc2cc(N(C)C)c(Cl)cc21. The van der Waals surface area contributed by atoms with E-state index in [2.05, 4.69) is 17.6 Å². The van der Waals surface area contributed by atoms with E-state index in [1.165, 1.54) is 0 Å². The molecule has 0 aromatic heterocycles. The third kappa shape index (κ3) is 2.31. The van der Waals surface area contributed by atoms with Gasteiger partial charge in [-0.15, -0.1) is 0 Å². The summed E-state index contributed by atoms with van der Waals surface area (Å²) in [5.74, 6) is -0.00887. The van der Waals surface area contributed by atoms with Crippen molar-refractivity contribution in [3.05, 3.63) is 22.7 Å². The molecule has 18 heavy (non-hydrogen) atoms. The Morgan fingerprint density at radius 2 is 2.17 bits per heavy atom. The van der Waals surface area contributed by atoms with Gasteiger partial charge in [-0.25, -0.2) is 0 Å². The molecule has 0 bridgehead atoms. The lowest BCUT2D eigenvalue weighted by atomic mass is 10.1. The molecule has 2 N–H and O–H groups in total. The first-order valence-corrected chi connectivity index (χ1v) is 6.47. The molecule has 0 fully saturated rings. The summed E-state index contributed by atoms with van der Waals surface area (Å²) in [6.45, 7) is 2.88. The Labute approximate surface area is 112 Å². The van der Waals surface area contributed by atoms with Crippen LogP contribution in [0.3, 0.4) is 0 Å². The van der Waals surface area contributed by atoms with Crippen molar-refractivity contribution in [2.45, 2.75) is 19.4 Å². The predicted molar refractivity (Wildman–Crippen MR) is 75.4 cm³/mol. The number of carbonyl (C=O) groups is 1. The third-order valence-electron chi connectivity index (χ3n) is 3.03. The van der Waals surface area contributed by atoms with Gasteiger partial charge < -0.3 is 15.5 Å². The molecule has 5 heteroatoms. The van der Waals surface area contributed by atoms with E-state index in [-0.39, 0.29) is 11.9 Å². The second kappa shape index (κ2) is 5.16. The number of hydrogen-bond acceptors (Lipinski definition) is 3. The maximum absolute atomic E-state index is 11.9. The molecule has 1 atom stereocenters. The first kappa shape index (κ1) is 13.2. The van der Waals surface area contributed by atoms with Crippen molar-refractivity contribution in [3.63, 3.8) is 0 Å². The number of nitrogens with one attached hydrogen (secondary N) is 2. The second-order valence-electron chi connectivity index (χ2n) is 4.66. The number of anilines is 2. The minimum absolute atomic E-state index is 0.00887. The van der Waals surface area contributed by atoms with Gasteiger partial charge in [-0.1, -0.05) is 18.5 Å². The largest absolute Gasteiger partial charge is 0.376 e. The van der Waals surface area contributed by atoms with Crippen LogP contribution in [0.5, 0.6) is 0 Å². The lowest BCUT2D eigenvalue weighted by Gasteiger charge is -2.17. The van der Waals surface area contributed by atoms with Crippen LogP contribution in [0.2, 0.25) is 5.02 Å². The van der Waals surface area contributed by atoms with Gasteiger partial charge in [0.2, 0.25) is 5.91 Å². The number of hydrogen-bond donors (Lipinski definition) is 2. The maximum atomic E-state index is 11.9. The van der Waals surface area contributed by atoms with Crippen LogP contribution in [0, 0.1) is 0 Å². The highest BCUT2D eigenvalue weighted by Gasteiger charge is 2.31. The van der Waals surface area contributed by atoms with Gasteiger partial charge >= 0.3 is 0 Å². The van der Waals surface area contributed by atoms with Crippen LogP contribution in [0.4, 0.5) is 11.4 Å². The van der Waals surface area contributed by atoms with E-state index >= 15 is 0 Å². The van der Waals surface area contributed by atoms with E-state index in [1.807, 2.05) is 31.1 Å². The van der Waals surface area contributed by atoms with Crippen molar-refractivity contribution in [2.24, 2.45) is 0 Å². The van der Waals surface area contributed by atoms with E-state index in [1.54, 1.807) is 0 Å². The van der Waals surface area contributed by atoms with Crippen LogP contribution in [-0.2, 0) is 4.79 Å². The molecule has 1 amide bonds. The first-order valence-electron chi connectivity index (χ1n) is 6.09. The van der Waals surface area contributed by atoms with Crippen LogP contribution in [0.1, 0.15) is 24.9 Å². The molecule has 0 saturated carbocycles. The number of fused-ring (bicyclic) bond motifs is 1. The smallest absolute Gasteiger partial charge is 0.246 e. The zero-order chi connectivity index (χ0) is 13.3. The first-order chi connectivity index (χ1) is 8.54. The zero-order valence-corrected chi connectivity index (χ0v) is 11.6. The fourth-order valence-corrected chi connectivity index (χ4v) is 2.45. The van der Waals surface area contributed by atoms with Crippen molar-refractivity contribution in [1.29, 1.82) is 0 Å². The number of nitrogens with zero attached hydrogens (tertiary/aromatic N) is 1. The van der Waals surface area contributed by atoms with Crippen LogP contribution in [0.25, 0.3) is 0 Å². The minimum Gasteiger partial charge on any atom is -0.376 e. The number of benzene rings is 1. The number of carbonyl (C=O) groups excluding carboxylic acids is 1. The summed E-state index contributed by atoms with van der Waals surface area (Å²) < 4.78 is 0. The Kier molecular flexibility index (Phi) is 3.78. The van der Waals surface area contributed by atoms with Gasteiger partial charge in [0.15, 0.2) is 0 Å². The van der Waals surface area contributed by atoms with Crippen LogP contribution < -0.4 is 15.5 Å². The van der Waals surface area contributed by atoms with E-state index < -0.39 is 0 Å². The van der Waals surface area contributed by atoms with E-state index in [0.29, 0.717) is 5.02 Å². The van der Waals surface area contributed by atoms with Gasteiger partial charge in [0.25, 0.3) is 0 Å². The minimum atomic E-state index is -0.284. The highest BCUT2D eigenvalue weighted by Crippen LogP contribution is 2.38. The van der Waals surface area contributed by atoms with Gasteiger partial charge in [-0.05, 0) is 25.1 Å². The van der Waals surface area contributed by atoms with Crippen molar-refractivity contribution in [3.8, 4) is 0 Å². The molecule has 1 aromatic carbocycles. The number of rotatable bonds is 4. The molecule has 1 aliphatic rings. The Bertz CT molecular complexity index is 474. The molecule has 1 aliphatic heterocycles. The van der Waals surface area contributed by atoms with Gasteiger partial charge in [0, 0.05) is 25.3 Å². The second-order valence-corrected chi connectivity index (χ2v) is 5.07. The summed E-state index contributed by atoms with van der Waals surface area (Å²) >= 11 is 6.24. The molecule has 0 radical (unpaired) electrons. The van der Waals surface area contributed by atoms with Crippen molar-refractivity contribution in [2.75, 3.05) is 30.9 Å². The Morgan fingerprint density at radius 3 is 2.78 bits per heavy atom. The summed E-state index contributed by atoms with van der Waals surface area (Å²) in [5, 5.41) is 6.79. The monoisotopic (exact) mass is 267 g/mol. The standard InChI is InChI=1S/C13H18ClN3O/c1-4-5-15-12-8-6-9(14)11(17(2)3)7-10(8)16-13(12)18/h6-7,12,15H,4-5H2,1-3H3,(H,16,18). The molecule has 1 heterocycles. The molecule has 0 saturated heterocycles. The van der Waals surface area contributed by atoms with E-state index in [9.17, 15) is 4.79 Å². The van der Waals surface area contributed by atoms with Gasteiger partial charge in [-0.2, -0.15) is 0 Å². The Hall–Kier alpha value is -1.26. The molecule has 1 aromatic rings. The maximum Gasteiger partial charge on any atom is 0.246 e. The molecule has 2 rings (SSSR count). The molecular formula is C13H18ClN3O. The average Bonchev–Trinajstić information content (AvgIpc) is 2.60. The van der Waals surface area contributed by atoms with Crippen molar-refractivity contribution in [1.82, 2.24) is 5.32 Å². The number of amides is 1. The topological polar surface area (TPSA) is 44.4 Å². The molecule has 1 unspecified atom stereocenters. The highest BCUT2D eigenvalue weighted by molar-refractivity contribution is 6.33. The molecular weight excluding hydrogens is 250 g/mol. The van der Waals surface area contributed by atoms with Crippen LogP contribution in [-0.4, -0.2) is 26.5 Å². The van der Waals surface area contributed by atoms with Crippen LogP contribution in [0.15, 0.2) is 12.1 Å². The summed E-state index contributed by atoms with van der Waals surface area (Å²) in [7, 11) is 3.86. The molecule has 0 spiro atoms. The number of halogens is 1. The van der Waals surface area contributed by atoms with Gasteiger partial charge in [0.05, 0.1) is 10.7 Å². The molecule has 4 nitrogen and oxygen atoms in total. The van der Waals surface area contributed by atoms with E-state index in [0.717, 1.165) is 29.9 Å². The fraction of sp³-hybridized carbons (Fsp3) is 0.462. The summed E-state index contributed by atoms with van der Waals surface area (Å²) in [6.07, 6.45) is 0.989. The summed E-state index contributed by atoms with van der Waals surface area (Å²) in [6, 6.07) is 3.51. The Balaban J connectivity index is 2.35. The van der Waals surface area contributed by atoms with Gasteiger partial charge in [-0.3, -0.25) is 4.79 Å². The lowest BCUT2D eigenvalue weighted by molar-refractivity contribution is -0.117. The van der Waals surface area contributed by atoms with E-state index in [4.69, 9.17) is 11.6 Å². The predicted octanol–water partition coefficient (Wildman–Crippen LogP) is 2.40. The van der Waals surface area contributed by atoms with Gasteiger partial charge in [0.1, 0.15) is 6.04 Å².